The van der Waals surface area contributed by atoms with E-state index < -0.39 is 0 Å². The number of furan rings is 1. The van der Waals surface area contributed by atoms with Crippen LogP contribution in [-0.2, 0) is 11.3 Å². The molecule has 1 fully saturated rings. The van der Waals surface area contributed by atoms with E-state index in [2.05, 4.69) is 10.2 Å². The molecule has 0 spiro atoms. The highest BCUT2D eigenvalue weighted by atomic mass is 16.3. The van der Waals surface area contributed by atoms with E-state index in [4.69, 9.17) is 4.42 Å². The molecule has 1 aromatic heterocycles. The van der Waals surface area contributed by atoms with Crippen LogP contribution in [0.5, 0.6) is 0 Å². The molecular formula is C13H21N3O2. The van der Waals surface area contributed by atoms with Crippen LogP contribution >= 0.6 is 0 Å². The molecular weight excluding hydrogens is 230 g/mol. The molecule has 1 atom stereocenters. The van der Waals surface area contributed by atoms with Crippen LogP contribution in [0.15, 0.2) is 23.0 Å². The van der Waals surface area contributed by atoms with E-state index in [0.29, 0.717) is 6.54 Å². The highest BCUT2D eigenvalue weighted by Gasteiger charge is 2.25. The van der Waals surface area contributed by atoms with Gasteiger partial charge in [-0.25, -0.2) is 0 Å². The average molecular weight is 251 g/mol. The van der Waals surface area contributed by atoms with Gasteiger partial charge in [0.1, 0.15) is 0 Å². The van der Waals surface area contributed by atoms with Crippen molar-refractivity contribution >= 4 is 5.91 Å². The van der Waals surface area contributed by atoms with Crippen molar-refractivity contribution in [3.63, 3.8) is 0 Å². The molecule has 0 bridgehead atoms. The summed E-state index contributed by atoms with van der Waals surface area (Å²) in [7, 11) is 1.84. The number of piperazine rings is 1. The Bertz CT molecular complexity index is 372. The van der Waals surface area contributed by atoms with Crippen molar-refractivity contribution in [1.82, 2.24) is 15.1 Å². The zero-order valence-corrected chi connectivity index (χ0v) is 11.1. The summed E-state index contributed by atoms with van der Waals surface area (Å²) in [4.78, 5) is 16.3. The number of rotatable bonds is 4. The minimum absolute atomic E-state index is 0.0519. The van der Waals surface area contributed by atoms with Crippen molar-refractivity contribution in [3.05, 3.63) is 24.2 Å². The van der Waals surface area contributed by atoms with Crippen molar-refractivity contribution in [3.8, 4) is 0 Å². The summed E-state index contributed by atoms with van der Waals surface area (Å²) in [5.41, 5.74) is 1.03. The fourth-order valence-corrected chi connectivity index (χ4v) is 2.28. The van der Waals surface area contributed by atoms with Gasteiger partial charge in [0.2, 0.25) is 5.91 Å². The predicted octanol–water partition coefficient (Wildman–Crippen LogP) is 0.532. The second-order valence-corrected chi connectivity index (χ2v) is 4.79. The molecule has 1 aliphatic heterocycles. The van der Waals surface area contributed by atoms with Crippen LogP contribution in [0.25, 0.3) is 0 Å². The Morgan fingerprint density at radius 3 is 2.89 bits per heavy atom. The third-order valence-electron chi connectivity index (χ3n) is 3.43. The standard InChI is InChI=1S/C13H21N3O2/c1-11(16-6-4-14-5-7-16)13(17)15(2)9-12-3-8-18-10-12/h3,8,10-11,14H,4-7,9H2,1-2H3. The number of likely N-dealkylation sites (N-methyl/N-ethyl adjacent to an activating group) is 1. The Hall–Kier alpha value is -1.33. The second kappa shape index (κ2) is 6.02. The monoisotopic (exact) mass is 251 g/mol. The predicted molar refractivity (Wildman–Crippen MR) is 69.1 cm³/mol. The third kappa shape index (κ3) is 3.11. The summed E-state index contributed by atoms with van der Waals surface area (Å²) in [5, 5.41) is 3.30. The SMILES string of the molecule is CC(C(=O)N(C)Cc1ccoc1)N1CCNCC1. The second-order valence-electron chi connectivity index (χ2n) is 4.79. The molecule has 1 aliphatic rings. The van der Waals surface area contributed by atoms with Crippen LogP contribution < -0.4 is 5.32 Å². The van der Waals surface area contributed by atoms with Gasteiger partial charge in [-0.1, -0.05) is 0 Å². The lowest BCUT2D eigenvalue weighted by atomic mass is 10.2. The fourth-order valence-electron chi connectivity index (χ4n) is 2.28. The summed E-state index contributed by atoms with van der Waals surface area (Å²) in [6.07, 6.45) is 3.31. The first kappa shape index (κ1) is 13.1. The Kier molecular flexibility index (Phi) is 4.38. The molecule has 1 N–H and O–H groups in total. The average Bonchev–Trinajstić information content (AvgIpc) is 2.91. The van der Waals surface area contributed by atoms with Crippen LogP contribution in [0.2, 0.25) is 0 Å². The van der Waals surface area contributed by atoms with Gasteiger partial charge < -0.3 is 14.6 Å². The lowest BCUT2D eigenvalue weighted by Gasteiger charge is -2.33. The fraction of sp³-hybridized carbons (Fsp3) is 0.615. The summed E-state index contributed by atoms with van der Waals surface area (Å²) in [6.45, 7) is 6.39. The zero-order chi connectivity index (χ0) is 13.0. The van der Waals surface area contributed by atoms with Crippen molar-refractivity contribution < 1.29 is 9.21 Å². The van der Waals surface area contributed by atoms with Gasteiger partial charge in [0.25, 0.3) is 0 Å². The number of hydrogen-bond acceptors (Lipinski definition) is 4. The minimum Gasteiger partial charge on any atom is -0.472 e. The highest BCUT2D eigenvalue weighted by molar-refractivity contribution is 5.81. The van der Waals surface area contributed by atoms with Crippen LogP contribution in [0, 0.1) is 0 Å². The minimum atomic E-state index is -0.0519. The molecule has 1 aromatic rings. The van der Waals surface area contributed by atoms with Crippen molar-refractivity contribution in [2.75, 3.05) is 33.2 Å². The van der Waals surface area contributed by atoms with Gasteiger partial charge in [0.05, 0.1) is 18.6 Å². The zero-order valence-electron chi connectivity index (χ0n) is 11.1. The van der Waals surface area contributed by atoms with Crippen molar-refractivity contribution in [2.45, 2.75) is 19.5 Å². The van der Waals surface area contributed by atoms with E-state index in [1.54, 1.807) is 17.4 Å². The highest BCUT2D eigenvalue weighted by Crippen LogP contribution is 2.08. The number of carbonyl (C=O) groups is 1. The van der Waals surface area contributed by atoms with E-state index in [-0.39, 0.29) is 11.9 Å². The van der Waals surface area contributed by atoms with Crippen molar-refractivity contribution in [1.29, 1.82) is 0 Å². The molecule has 100 valence electrons. The van der Waals surface area contributed by atoms with E-state index in [9.17, 15) is 4.79 Å². The number of amides is 1. The summed E-state index contributed by atoms with van der Waals surface area (Å²) in [5.74, 6) is 0.165. The smallest absolute Gasteiger partial charge is 0.239 e. The molecule has 5 heteroatoms. The number of nitrogens with zero attached hydrogens (tertiary/aromatic N) is 2. The summed E-state index contributed by atoms with van der Waals surface area (Å²) >= 11 is 0. The van der Waals surface area contributed by atoms with Crippen LogP contribution in [0.4, 0.5) is 0 Å². The molecule has 1 unspecified atom stereocenters. The molecule has 1 saturated heterocycles. The lowest BCUT2D eigenvalue weighted by Crippen LogP contribution is -2.52. The van der Waals surface area contributed by atoms with E-state index in [1.807, 2.05) is 20.0 Å². The molecule has 2 rings (SSSR count). The van der Waals surface area contributed by atoms with Crippen LogP contribution in [-0.4, -0.2) is 55.0 Å². The van der Waals surface area contributed by atoms with Crippen LogP contribution in [0.1, 0.15) is 12.5 Å². The molecule has 0 saturated carbocycles. The third-order valence-corrected chi connectivity index (χ3v) is 3.43. The maximum absolute atomic E-state index is 12.3. The summed E-state index contributed by atoms with van der Waals surface area (Å²) < 4.78 is 5.02. The largest absolute Gasteiger partial charge is 0.472 e. The maximum atomic E-state index is 12.3. The summed E-state index contributed by atoms with van der Waals surface area (Å²) in [6, 6.07) is 1.84. The first-order chi connectivity index (χ1) is 8.68. The van der Waals surface area contributed by atoms with Gasteiger partial charge in [-0.05, 0) is 13.0 Å². The molecule has 0 aliphatic carbocycles. The van der Waals surface area contributed by atoms with Gasteiger partial charge in [-0.3, -0.25) is 9.69 Å². The Balaban J connectivity index is 1.88. The van der Waals surface area contributed by atoms with E-state index >= 15 is 0 Å². The molecule has 1 amide bonds. The first-order valence-electron chi connectivity index (χ1n) is 6.39. The number of nitrogens with one attached hydrogen (secondary N) is 1. The van der Waals surface area contributed by atoms with E-state index in [0.717, 1.165) is 31.7 Å². The number of hydrogen-bond donors (Lipinski definition) is 1. The van der Waals surface area contributed by atoms with E-state index in [1.165, 1.54) is 0 Å². The van der Waals surface area contributed by atoms with Gasteiger partial charge >= 0.3 is 0 Å². The molecule has 0 aromatic carbocycles. The topological polar surface area (TPSA) is 48.7 Å². The van der Waals surface area contributed by atoms with Gasteiger partial charge in [0, 0.05) is 45.3 Å². The molecule has 0 radical (unpaired) electrons. The molecule has 2 heterocycles. The van der Waals surface area contributed by atoms with Gasteiger partial charge in [-0.15, -0.1) is 0 Å². The quantitative estimate of drug-likeness (QED) is 0.848. The van der Waals surface area contributed by atoms with Crippen LogP contribution in [0.3, 0.4) is 0 Å². The maximum Gasteiger partial charge on any atom is 0.239 e. The number of carbonyl (C=O) groups excluding carboxylic acids is 1. The molecule has 5 nitrogen and oxygen atoms in total. The van der Waals surface area contributed by atoms with Gasteiger partial charge in [-0.2, -0.15) is 0 Å². The van der Waals surface area contributed by atoms with Crippen molar-refractivity contribution in [2.24, 2.45) is 0 Å². The molecule has 18 heavy (non-hydrogen) atoms. The lowest BCUT2D eigenvalue weighted by molar-refractivity contribution is -0.135. The Morgan fingerprint density at radius 1 is 1.56 bits per heavy atom. The first-order valence-corrected chi connectivity index (χ1v) is 6.39. The normalized spacial score (nSPS) is 18.6. The van der Waals surface area contributed by atoms with Gasteiger partial charge in [0.15, 0.2) is 0 Å². The Labute approximate surface area is 108 Å². The Morgan fingerprint density at radius 2 is 2.28 bits per heavy atom.